The molecule has 3 rings (SSSR count). The van der Waals surface area contributed by atoms with Crippen LogP contribution in [0.5, 0.6) is 0 Å². The van der Waals surface area contributed by atoms with E-state index in [1.165, 1.54) is 6.39 Å². The summed E-state index contributed by atoms with van der Waals surface area (Å²) in [5.74, 6) is 1.75. The van der Waals surface area contributed by atoms with Crippen LogP contribution in [0.1, 0.15) is 23.3 Å². The molecular formula is C16H11FN2O. The number of benzene rings is 1. The predicted molar refractivity (Wildman–Crippen MR) is 73.7 cm³/mol. The fourth-order valence-corrected chi connectivity index (χ4v) is 2.12. The number of hydrogen-bond acceptors (Lipinski definition) is 3. The lowest BCUT2D eigenvalue weighted by Crippen LogP contribution is -2.07. The first-order valence-electron chi connectivity index (χ1n) is 6.14. The number of nitrogens with zero attached hydrogens (tertiary/aromatic N) is 2. The lowest BCUT2D eigenvalue weighted by molar-refractivity contribution is 0.318. The van der Waals surface area contributed by atoms with Crippen LogP contribution < -0.4 is 0 Å². The molecule has 0 spiro atoms. The Morgan fingerprint density at radius 3 is 2.85 bits per heavy atom. The lowest BCUT2D eigenvalue weighted by atomic mass is 9.94. The summed E-state index contributed by atoms with van der Waals surface area (Å²) in [4.78, 5) is 8.13. The zero-order valence-corrected chi connectivity index (χ0v) is 10.5. The van der Waals surface area contributed by atoms with E-state index in [1.54, 1.807) is 42.6 Å². The van der Waals surface area contributed by atoms with E-state index in [4.69, 9.17) is 10.8 Å². The van der Waals surface area contributed by atoms with Gasteiger partial charge in [-0.15, -0.1) is 6.42 Å². The van der Waals surface area contributed by atoms with Gasteiger partial charge >= 0.3 is 0 Å². The maximum Gasteiger partial charge on any atom is 0.181 e. The summed E-state index contributed by atoms with van der Waals surface area (Å²) >= 11 is 0. The molecular weight excluding hydrogens is 255 g/mol. The fourth-order valence-electron chi connectivity index (χ4n) is 2.12. The first-order chi connectivity index (χ1) is 9.79. The number of fused-ring (bicyclic) bond motifs is 1. The van der Waals surface area contributed by atoms with Gasteiger partial charge < -0.3 is 4.42 Å². The highest BCUT2D eigenvalue weighted by Crippen LogP contribution is 2.34. The molecule has 2 unspecified atom stereocenters. The maximum atomic E-state index is 14.7. The maximum absolute atomic E-state index is 14.7. The molecule has 2 heterocycles. The highest BCUT2D eigenvalue weighted by Gasteiger charge is 2.24. The predicted octanol–water partition coefficient (Wildman–Crippen LogP) is 3.65. The minimum absolute atomic E-state index is 0.461. The van der Waals surface area contributed by atoms with E-state index >= 15 is 0 Å². The van der Waals surface area contributed by atoms with Crippen LogP contribution in [0.25, 0.3) is 11.1 Å². The molecule has 0 fully saturated rings. The minimum Gasteiger partial charge on any atom is -0.443 e. The number of oxazole rings is 1. The van der Waals surface area contributed by atoms with Crippen molar-refractivity contribution in [1.82, 2.24) is 9.97 Å². The van der Waals surface area contributed by atoms with E-state index in [0.717, 1.165) is 0 Å². The van der Waals surface area contributed by atoms with Gasteiger partial charge in [0.2, 0.25) is 0 Å². The molecule has 0 amide bonds. The molecule has 0 saturated heterocycles. The fraction of sp³-hybridized carbons (Fsp3) is 0.125. The van der Waals surface area contributed by atoms with E-state index in [2.05, 4.69) is 15.9 Å². The van der Waals surface area contributed by atoms with Crippen molar-refractivity contribution in [2.45, 2.75) is 12.1 Å². The van der Waals surface area contributed by atoms with Crippen molar-refractivity contribution in [1.29, 1.82) is 0 Å². The van der Waals surface area contributed by atoms with E-state index in [0.29, 0.717) is 22.4 Å². The van der Waals surface area contributed by atoms with Crippen LogP contribution in [-0.2, 0) is 0 Å². The molecule has 0 aliphatic heterocycles. The summed E-state index contributed by atoms with van der Waals surface area (Å²) < 4.78 is 19.9. The second-order valence-electron chi connectivity index (χ2n) is 4.38. The molecule has 3 aromatic rings. The van der Waals surface area contributed by atoms with Gasteiger partial charge in [0.15, 0.2) is 12.0 Å². The highest BCUT2D eigenvalue weighted by molar-refractivity contribution is 5.73. The standard InChI is InChI=1S/C16H11FN2O/c1-2-12(13-5-3-4-8-18-13)16(17)11-6-7-14-15(9-11)20-10-19-14/h1,3-10,12,16H. The van der Waals surface area contributed by atoms with Gasteiger partial charge in [0.1, 0.15) is 11.7 Å². The van der Waals surface area contributed by atoms with E-state index < -0.39 is 12.1 Å². The number of pyridine rings is 1. The summed E-state index contributed by atoms with van der Waals surface area (Å²) in [6, 6.07) is 10.3. The number of aromatic nitrogens is 2. The summed E-state index contributed by atoms with van der Waals surface area (Å²) in [5.41, 5.74) is 2.24. The van der Waals surface area contributed by atoms with Crippen molar-refractivity contribution in [2.24, 2.45) is 0 Å². The molecule has 20 heavy (non-hydrogen) atoms. The van der Waals surface area contributed by atoms with Crippen LogP contribution in [0.2, 0.25) is 0 Å². The topological polar surface area (TPSA) is 38.9 Å². The van der Waals surface area contributed by atoms with Gasteiger partial charge in [0.25, 0.3) is 0 Å². The van der Waals surface area contributed by atoms with Crippen molar-refractivity contribution >= 4 is 11.1 Å². The summed E-state index contributed by atoms with van der Waals surface area (Å²) in [7, 11) is 0. The van der Waals surface area contributed by atoms with Crippen LogP contribution in [0.3, 0.4) is 0 Å². The summed E-state index contributed by atoms with van der Waals surface area (Å²) in [5, 5.41) is 0. The van der Waals surface area contributed by atoms with Crippen LogP contribution >= 0.6 is 0 Å². The quantitative estimate of drug-likeness (QED) is 0.679. The third-order valence-electron chi connectivity index (χ3n) is 3.15. The van der Waals surface area contributed by atoms with Crippen molar-refractivity contribution in [3.8, 4) is 12.3 Å². The normalized spacial score (nSPS) is 13.8. The Kier molecular flexibility index (Phi) is 3.18. The first kappa shape index (κ1) is 12.4. The van der Waals surface area contributed by atoms with E-state index in [-0.39, 0.29) is 0 Å². The molecule has 2 atom stereocenters. The molecule has 98 valence electrons. The van der Waals surface area contributed by atoms with Gasteiger partial charge in [0.05, 0.1) is 11.6 Å². The van der Waals surface area contributed by atoms with Gasteiger partial charge in [-0.3, -0.25) is 4.98 Å². The number of hydrogen-bond donors (Lipinski definition) is 0. The van der Waals surface area contributed by atoms with Gasteiger partial charge in [-0.1, -0.05) is 18.1 Å². The molecule has 0 radical (unpaired) electrons. The molecule has 0 bridgehead atoms. The second-order valence-corrected chi connectivity index (χ2v) is 4.38. The van der Waals surface area contributed by atoms with Gasteiger partial charge in [-0.05, 0) is 29.8 Å². The van der Waals surface area contributed by atoms with Gasteiger partial charge in [-0.25, -0.2) is 9.37 Å². The van der Waals surface area contributed by atoms with Crippen LogP contribution in [0, 0.1) is 12.3 Å². The number of terminal acetylenes is 1. The average Bonchev–Trinajstić information content (AvgIpc) is 2.96. The largest absolute Gasteiger partial charge is 0.443 e. The summed E-state index contributed by atoms with van der Waals surface area (Å²) in [6.45, 7) is 0. The number of halogens is 1. The zero-order chi connectivity index (χ0) is 13.9. The highest BCUT2D eigenvalue weighted by atomic mass is 19.1. The van der Waals surface area contributed by atoms with Crippen molar-refractivity contribution < 1.29 is 8.81 Å². The Morgan fingerprint density at radius 1 is 1.20 bits per heavy atom. The van der Waals surface area contributed by atoms with Crippen molar-refractivity contribution in [3.05, 3.63) is 60.2 Å². The number of alkyl halides is 1. The number of rotatable bonds is 3. The van der Waals surface area contributed by atoms with E-state index in [1.807, 2.05) is 0 Å². The Morgan fingerprint density at radius 2 is 2.10 bits per heavy atom. The zero-order valence-electron chi connectivity index (χ0n) is 10.5. The first-order valence-corrected chi connectivity index (χ1v) is 6.14. The third-order valence-corrected chi connectivity index (χ3v) is 3.15. The average molecular weight is 266 g/mol. The van der Waals surface area contributed by atoms with Crippen LogP contribution in [0.4, 0.5) is 4.39 Å². The van der Waals surface area contributed by atoms with Gasteiger partial charge in [-0.2, -0.15) is 0 Å². The lowest BCUT2D eigenvalue weighted by Gasteiger charge is -2.15. The molecule has 4 heteroatoms. The second kappa shape index (κ2) is 5.14. The Labute approximate surface area is 115 Å². The molecule has 2 aromatic heterocycles. The van der Waals surface area contributed by atoms with Crippen LogP contribution in [0.15, 0.2) is 53.4 Å². The molecule has 0 N–H and O–H groups in total. The third kappa shape index (κ3) is 2.14. The molecule has 0 aliphatic rings. The van der Waals surface area contributed by atoms with Crippen LogP contribution in [-0.4, -0.2) is 9.97 Å². The smallest absolute Gasteiger partial charge is 0.181 e. The molecule has 0 aliphatic carbocycles. The Balaban J connectivity index is 1.97. The van der Waals surface area contributed by atoms with Gasteiger partial charge in [0, 0.05) is 6.20 Å². The Bertz CT molecular complexity index is 761. The molecule has 3 nitrogen and oxygen atoms in total. The van der Waals surface area contributed by atoms with E-state index in [9.17, 15) is 4.39 Å². The Hall–Kier alpha value is -2.67. The molecule has 1 aromatic carbocycles. The summed E-state index contributed by atoms with van der Waals surface area (Å²) in [6.07, 6.45) is 7.06. The van der Waals surface area contributed by atoms with Crippen molar-refractivity contribution in [2.75, 3.05) is 0 Å². The van der Waals surface area contributed by atoms with Crippen molar-refractivity contribution in [3.63, 3.8) is 0 Å². The molecule has 0 saturated carbocycles. The minimum atomic E-state index is -1.34. The monoisotopic (exact) mass is 266 g/mol. The SMILES string of the molecule is C#CC(c1ccccn1)C(F)c1ccc2ncoc2c1.